The molecule has 0 amide bonds. The van der Waals surface area contributed by atoms with E-state index in [9.17, 15) is 4.79 Å². The Balaban J connectivity index is 2.87. The van der Waals surface area contributed by atoms with E-state index in [0.717, 1.165) is 10.4 Å². The van der Waals surface area contributed by atoms with Crippen LogP contribution in [-0.2, 0) is 0 Å². The maximum absolute atomic E-state index is 11.4. The minimum atomic E-state index is 0.159. The van der Waals surface area contributed by atoms with Crippen molar-refractivity contribution in [2.24, 2.45) is 0 Å². The summed E-state index contributed by atoms with van der Waals surface area (Å²) in [6.07, 6.45) is 0.443. The van der Waals surface area contributed by atoms with E-state index in [1.807, 2.05) is 19.9 Å². The third-order valence-electron chi connectivity index (χ3n) is 1.66. The van der Waals surface area contributed by atoms with Crippen LogP contribution in [0.1, 0.15) is 26.5 Å². The van der Waals surface area contributed by atoms with Gasteiger partial charge in [-0.05, 0) is 19.9 Å². The topological polar surface area (TPSA) is 17.1 Å². The second-order valence-corrected chi connectivity index (χ2v) is 4.53. The zero-order valence-electron chi connectivity index (χ0n) is 7.19. The molecule has 0 aliphatic rings. The van der Waals surface area contributed by atoms with Crippen molar-refractivity contribution < 1.29 is 4.79 Å². The number of aryl methyl sites for hydroxylation is 2. The average Bonchev–Trinajstić information content (AvgIpc) is 2.30. The summed E-state index contributed by atoms with van der Waals surface area (Å²) in [4.78, 5) is 13.7. The van der Waals surface area contributed by atoms with Crippen molar-refractivity contribution in [1.82, 2.24) is 0 Å². The van der Waals surface area contributed by atoms with Crippen molar-refractivity contribution in [2.75, 3.05) is 5.88 Å². The van der Waals surface area contributed by atoms with Gasteiger partial charge in [-0.2, -0.15) is 0 Å². The van der Waals surface area contributed by atoms with Gasteiger partial charge in [0.25, 0.3) is 0 Å². The third-order valence-corrected chi connectivity index (χ3v) is 2.82. The first-order valence-corrected chi connectivity index (χ1v) is 5.16. The molecule has 1 aromatic rings. The number of hydrogen-bond acceptors (Lipinski definition) is 2. The summed E-state index contributed by atoms with van der Waals surface area (Å²) in [7, 11) is 0. The van der Waals surface area contributed by atoms with Gasteiger partial charge in [0.15, 0.2) is 5.78 Å². The lowest BCUT2D eigenvalue weighted by Crippen LogP contribution is -1.99. The number of carbonyl (C=O) groups excluding carboxylic acids is 1. The normalized spacial score (nSPS) is 10.2. The molecule has 1 aromatic heterocycles. The van der Waals surface area contributed by atoms with Gasteiger partial charge < -0.3 is 0 Å². The largest absolute Gasteiger partial charge is 0.294 e. The summed E-state index contributed by atoms with van der Waals surface area (Å²) < 4.78 is 0. The van der Waals surface area contributed by atoms with Crippen LogP contribution in [0, 0.1) is 13.8 Å². The van der Waals surface area contributed by atoms with Crippen LogP contribution in [0.3, 0.4) is 0 Å². The average molecular weight is 203 g/mol. The summed E-state index contributed by atoms with van der Waals surface area (Å²) in [5.41, 5.74) is 0.846. The highest BCUT2D eigenvalue weighted by Crippen LogP contribution is 2.21. The molecule has 1 heterocycles. The van der Waals surface area contributed by atoms with E-state index < -0.39 is 0 Å². The van der Waals surface area contributed by atoms with Crippen LogP contribution in [0.4, 0.5) is 0 Å². The van der Waals surface area contributed by atoms with Gasteiger partial charge in [0.05, 0.1) is 0 Å². The lowest BCUT2D eigenvalue weighted by atomic mass is 10.1. The molecule has 0 atom stereocenters. The molecule has 66 valence electrons. The molecule has 0 aliphatic carbocycles. The van der Waals surface area contributed by atoms with Crippen LogP contribution >= 0.6 is 22.9 Å². The number of Topliss-reactive ketones (excluding diaryl/α,β-unsaturated/α-hetero) is 1. The predicted molar refractivity (Wildman–Crippen MR) is 53.5 cm³/mol. The molecule has 0 aromatic carbocycles. The Hall–Kier alpha value is -0.340. The van der Waals surface area contributed by atoms with Crippen molar-refractivity contribution in [1.29, 1.82) is 0 Å². The van der Waals surface area contributed by atoms with Gasteiger partial charge in [-0.25, -0.2) is 0 Å². The molecule has 0 radical (unpaired) electrons. The van der Waals surface area contributed by atoms with E-state index >= 15 is 0 Å². The molecule has 0 unspecified atom stereocenters. The van der Waals surface area contributed by atoms with Gasteiger partial charge in [-0.15, -0.1) is 22.9 Å². The molecule has 0 fully saturated rings. The lowest BCUT2D eigenvalue weighted by Gasteiger charge is -1.94. The summed E-state index contributed by atoms with van der Waals surface area (Å²) in [5.74, 6) is 0.569. The first-order valence-electron chi connectivity index (χ1n) is 3.81. The Labute approximate surface area is 81.4 Å². The van der Waals surface area contributed by atoms with Crippen molar-refractivity contribution >= 4 is 28.7 Å². The summed E-state index contributed by atoms with van der Waals surface area (Å²) in [6.45, 7) is 3.98. The number of thiophene rings is 1. The summed E-state index contributed by atoms with van der Waals surface area (Å²) in [6, 6.07) is 1.94. The summed E-state index contributed by atoms with van der Waals surface area (Å²) >= 11 is 7.15. The molecule has 0 saturated heterocycles. The highest BCUT2D eigenvalue weighted by molar-refractivity contribution is 7.12. The molecule has 12 heavy (non-hydrogen) atoms. The van der Waals surface area contributed by atoms with E-state index in [1.54, 1.807) is 11.3 Å². The van der Waals surface area contributed by atoms with Crippen LogP contribution in [0.2, 0.25) is 0 Å². The fourth-order valence-corrected chi connectivity index (χ4v) is 2.24. The standard InChI is InChI=1S/C9H11ClOS/c1-6-5-8(7(2)12-6)9(11)3-4-10/h5H,3-4H2,1-2H3. The Bertz CT molecular complexity index is 291. The molecular weight excluding hydrogens is 192 g/mol. The Kier molecular flexibility index (Phi) is 3.29. The minimum absolute atomic E-state index is 0.159. The van der Waals surface area contributed by atoms with Gasteiger partial charge in [0.1, 0.15) is 0 Å². The Morgan fingerprint density at radius 3 is 2.67 bits per heavy atom. The zero-order chi connectivity index (χ0) is 9.14. The van der Waals surface area contributed by atoms with Crippen LogP contribution in [0.5, 0.6) is 0 Å². The first kappa shape index (κ1) is 9.75. The van der Waals surface area contributed by atoms with E-state index in [2.05, 4.69) is 0 Å². The number of rotatable bonds is 3. The SMILES string of the molecule is Cc1cc(C(=O)CCCl)c(C)s1. The molecule has 0 bridgehead atoms. The highest BCUT2D eigenvalue weighted by atomic mass is 35.5. The lowest BCUT2D eigenvalue weighted by molar-refractivity contribution is 0.0989. The van der Waals surface area contributed by atoms with Gasteiger partial charge in [-0.1, -0.05) is 0 Å². The van der Waals surface area contributed by atoms with Crippen molar-refractivity contribution in [2.45, 2.75) is 20.3 Å². The zero-order valence-corrected chi connectivity index (χ0v) is 8.76. The fourth-order valence-electron chi connectivity index (χ4n) is 1.13. The summed E-state index contributed by atoms with van der Waals surface area (Å²) in [5, 5.41) is 0. The molecule has 3 heteroatoms. The smallest absolute Gasteiger partial charge is 0.165 e. The quantitative estimate of drug-likeness (QED) is 0.544. The van der Waals surface area contributed by atoms with Crippen LogP contribution in [0.25, 0.3) is 0 Å². The van der Waals surface area contributed by atoms with Gasteiger partial charge in [0.2, 0.25) is 0 Å². The second kappa shape index (κ2) is 4.06. The number of alkyl halides is 1. The van der Waals surface area contributed by atoms with Crippen molar-refractivity contribution in [3.63, 3.8) is 0 Å². The molecule has 0 spiro atoms. The maximum atomic E-state index is 11.4. The fraction of sp³-hybridized carbons (Fsp3) is 0.444. The Morgan fingerprint density at radius 2 is 2.25 bits per heavy atom. The number of hydrogen-bond donors (Lipinski definition) is 0. The van der Waals surface area contributed by atoms with Gasteiger partial charge in [0, 0.05) is 27.6 Å². The van der Waals surface area contributed by atoms with E-state index in [-0.39, 0.29) is 5.78 Å². The second-order valence-electron chi connectivity index (χ2n) is 2.69. The predicted octanol–water partition coefficient (Wildman–Crippen LogP) is 3.18. The molecule has 0 N–H and O–H groups in total. The number of halogens is 1. The minimum Gasteiger partial charge on any atom is -0.294 e. The molecular formula is C9H11ClOS. The highest BCUT2D eigenvalue weighted by Gasteiger charge is 2.10. The van der Waals surface area contributed by atoms with Gasteiger partial charge >= 0.3 is 0 Å². The van der Waals surface area contributed by atoms with Crippen LogP contribution < -0.4 is 0 Å². The molecule has 0 aliphatic heterocycles. The van der Waals surface area contributed by atoms with Crippen LogP contribution in [-0.4, -0.2) is 11.7 Å². The van der Waals surface area contributed by atoms with Crippen molar-refractivity contribution in [3.05, 3.63) is 21.4 Å². The first-order chi connectivity index (χ1) is 5.65. The molecule has 0 saturated carbocycles. The molecule has 1 rings (SSSR count). The Morgan fingerprint density at radius 1 is 1.58 bits per heavy atom. The monoisotopic (exact) mass is 202 g/mol. The van der Waals surface area contributed by atoms with E-state index in [4.69, 9.17) is 11.6 Å². The van der Waals surface area contributed by atoms with Crippen LogP contribution in [0.15, 0.2) is 6.07 Å². The third kappa shape index (κ3) is 2.08. The number of carbonyl (C=O) groups is 1. The maximum Gasteiger partial charge on any atom is 0.165 e. The molecule has 1 nitrogen and oxygen atoms in total. The number of ketones is 1. The van der Waals surface area contributed by atoms with Gasteiger partial charge in [-0.3, -0.25) is 4.79 Å². The van der Waals surface area contributed by atoms with E-state index in [1.165, 1.54) is 4.88 Å². The van der Waals surface area contributed by atoms with E-state index in [0.29, 0.717) is 12.3 Å². The van der Waals surface area contributed by atoms with Crippen molar-refractivity contribution in [3.8, 4) is 0 Å².